The lowest BCUT2D eigenvalue weighted by atomic mass is 10.1. The van der Waals surface area contributed by atoms with Crippen LogP contribution in [-0.2, 0) is 9.59 Å². The number of thiazole rings is 1. The summed E-state index contributed by atoms with van der Waals surface area (Å²) in [7, 11) is 4.63. The Morgan fingerprint density at radius 2 is 1.82 bits per heavy atom. The number of methoxy groups -OCH3 is 3. The van der Waals surface area contributed by atoms with Gasteiger partial charge in [0.25, 0.3) is 0 Å². The number of hydrogen-bond acceptors (Lipinski definition) is 7. The number of ether oxygens (including phenoxy) is 3. The van der Waals surface area contributed by atoms with Crippen LogP contribution in [0, 0.1) is 5.92 Å². The van der Waals surface area contributed by atoms with E-state index in [4.69, 9.17) is 25.8 Å². The average molecular weight is 488 g/mol. The second kappa shape index (κ2) is 9.68. The van der Waals surface area contributed by atoms with Gasteiger partial charge in [0.1, 0.15) is 5.75 Å². The number of nitrogens with one attached hydrogen (secondary N) is 1. The summed E-state index contributed by atoms with van der Waals surface area (Å²) in [5, 5.41) is 5.61. The van der Waals surface area contributed by atoms with E-state index < -0.39 is 5.92 Å². The molecule has 0 spiro atoms. The quantitative estimate of drug-likeness (QED) is 0.528. The normalized spacial score (nSPS) is 15.5. The molecule has 0 aliphatic carbocycles. The van der Waals surface area contributed by atoms with Crippen molar-refractivity contribution in [1.29, 1.82) is 0 Å². The van der Waals surface area contributed by atoms with Crippen molar-refractivity contribution in [2.24, 2.45) is 5.92 Å². The summed E-state index contributed by atoms with van der Waals surface area (Å²) >= 11 is 7.51. The molecule has 4 rings (SSSR count). The number of carbonyl (C=O) groups excluding carboxylic acids is 2. The van der Waals surface area contributed by atoms with Gasteiger partial charge in [-0.2, -0.15) is 0 Å². The Morgan fingerprint density at radius 3 is 2.52 bits per heavy atom. The van der Waals surface area contributed by atoms with E-state index in [9.17, 15) is 9.59 Å². The standard InChI is InChI=1S/C23H22ClN3O5S/c1-30-18-6-4-13(8-16(18)24)17-12-33-23(25-17)26-22(29)14-9-21(28)27(11-14)15-5-7-19(31-2)20(10-15)32-3/h4-8,10,12,14H,9,11H2,1-3H3,(H,25,26,29). The lowest BCUT2D eigenvalue weighted by Crippen LogP contribution is -2.28. The summed E-state index contributed by atoms with van der Waals surface area (Å²) in [6, 6.07) is 10.6. The third kappa shape index (κ3) is 4.74. The Morgan fingerprint density at radius 1 is 1.09 bits per heavy atom. The summed E-state index contributed by atoms with van der Waals surface area (Å²) in [4.78, 5) is 31.5. The van der Waals surface area contributed by atoms with E-state index in [1.165, 1.54) is 18.4 Å². The van der Waals surface area contributed by atoms with Gasteiger partial charge in [-0.05, 0) is 30.3 Å². The van der Waals surface area contributed by atoms with Crippen LogP contribution in [0.5, 0.6) is 17.2 Å². The highest BCUT2D eigenvalue weighted by molar-refractivity contribution is 7.14. The molecule has 0 saturated carbocycles. The van der Waals surface area contributed by atoms with E-state index in [0.717, 1.165) is 5.56 Å². The molecule has 0 bridgehead atoms. The fourth-order valence-corrected chi connectivity index (χ4v) is 4.60. The van der Waals surface area contributed by atoms with Crippen molar-refractivity contribution < 1.29 is 23.8 Å². The zero-order chi connectivity index (χ0) is 23.5. The van der Waals surface area contributed by atoms with Crippen LogP contribution < -0.4 is 24.4 Å². The average Bonchev–Trinajstić information content (AvgIpc) is 3.45. The van der Waals surface area contributed by atoms with Gasteiger partial charge in [0, 0.05) is 35.7 Å². The van der Waals surface area contributed by atoms with E-state index in [-0.39, 0.29) is 24.8 Å². The molecule has 1 saturated heterocycles. The van der Waals surface area contributed by atoms with Crippen LogP contribution in [0.25, 0.3) is 11.3 Å². The molecule has 2 aromatic carbocycles. The van der Waals surface area contributed by atoms with Crippen LogP contribution in [0.1, 0.15) is 6.42 Å². The van der Waals surface area contributed by atoms with Gasteiger partial charge in [-0.3, -0.25) is 9.59 Å². The molecule has 3 aromatic rings. The van der Waals surface area contributed by atoms with E-state index in [2.05, 4.69) is 10.3 Å². The molecule has 1 N–H and O–H groups in total. The number of anilines is 2. The molecule has 2 heterocycles. The van der Waals surface area contributed by atoms with Crippen LogP contribution in [0.15, 0.2) is 41.8 Å². The van der Waals surface area contributed by atoms with Gasteiger partial charge in [0.15, 0.2) is 16.6 Å². The summed E-state index contributed by atoms with van der Waals surface area (Å²) in [6.07, 6.45) is 0.118. The Balaban J connectivity index is 1.44. The maximum atomic E-state index is 12.8. The number of hydrogen-bond donors (Lipinski definition) is 1. The zero-order valence-corrected chi connectivity index (χ0v) is 19.8. The first-order valence-electron chi connectivity index (χ1n) is 10.1. The highest BCUT2D eigenvalue weighted by Gasteiger charge is 2.35. The monoisotopic (exact) mass is 487 g/mol. The molecule has 8 nitrogen and oxygen atoms in total. The maximum absolute atomic E-state index is 12.8. The molecule has 0 radical (unpaired) electrons. The molecular formula is C23H22ClN3O5S. The summed E-state index contributed by atoms with van der Waals surface area (Å²) in [5.41, 5.74) is 2.16. The molecule has 1 aliphatic rings. The number of rotatable bonds is 7. The van der Waals surface area contributed by atoms with Crippen molar-refractivity contribution in [1.82, 2.24) is 4.98 Å². The van der Waals surface area contributed by atoms with E-state index >= 15 is 0 Å². The van der Waals surface area contributed by atoms with Crippen LogP contribution in [-0.4, -0.2) is 44.7 Å². The molecule has 172 valence electrons. The predicted molar refractivity (Wildman–Crippen MR) is 128 cm³/mol. The van der Waals surface area contributed by atoms with Crippen molar-refractivity contribution in [2.45, 2.75) is 6.42 Å². The molecule has 1 fully saturated rings. The smallest absolute Gasteiger partial charge is 0.231 e. The first-order chi connectivity index (χ1) is 15.9. The number of benzene rings is 2. The zero-order valence-electron chi connectivity index (χ0n) is 18.3. The minimum absolute atomic E-state index is 0.118. The summed E-state index contributed by atoms with van der Waals surface area (Å²) in [6.45, 7) is 0.270. The minimum Gasteiger partial charge on any atom is -0.495 e. The fraction of sp³-hybridized carbons (Fsp3) is 0.261. The number of aromatic nitrogens is 1. The van der Waals surface area contributed by atoms with Crippen molar-refractivity contribution in [2.75, 3.05) is 38.1 Å². The number of nitrogens with zero attached hydrogens (tertiary/aromatic N) is 2. The third-order valence-corrected chi connectivity index (χ3v) is 6.41. The van der Waals surface area contributed by atoms with Crippen molar-refractivity contribution in [3.05, 3.63) is 46.8 Å². The number of halogens is 1. The topological polar surface area (TPSA) is 90.0 Å². The highest BCUT2D eigenvalue weighted by Crippen LogP contribution is 2.35. The Labute approximate surface area is 200 Å². The molecular weight excluding hydrogens is 466 g/mol. The first-order valence-corrected chi connectivity index (χ1v) is 11.3. The van der Waals surface area contributed by atoms with Crippen molar-refractivity contribution in [3.63, 3.8) is 0 Å². The second-order valence-corrected chi connectivity index (χ2v) is 8.59. The van der Waals surface area contributed by atoms with E-state index in [1.807, 2.05) is 11.4 Å². The van der Waals surface area contributed by atoms with Crippen LogP contribution in [0.2, 0.25) is 5.02 Å². The van der Waals surface area contributed by atoms with Gasteiger partial charge in [-0.25, -0.2) is 4.98 Å². The van der Waals surface area contributed by atoms with E-state index in [1.54, 1.807) is 49.5 Å². The molecule has 10 heteroatoms. The molecule has 1 atom stereocenters. The Kier molecular flexibility index (Phi) is 6.71. The summed E-state index contributed by atoms with van der Waals surface area (Å²) in [5.74, 6) is 0.794. The Bertz CT molecular complexity index is 1200. The van der Waals surface area contributed by atoms with Crippen LogP contribution in [0.3, 0.4) is 0 Å². The molecule has 1 aliphatic heterocycles. The van der Waals surface area contributed by atoms with E-state index in [0.29, 0.717) is 38.8 Å². The number of amides is 2. The third-order valence-electron chi connectivity index (χ3n) is 5.36. The van der Waals surface area contributed by atoms with Gasteiger partial charge in [0.05, 0.1) is 38.0 Å². The molecule has 33 heavy (non-hydrogen) atoms. The minimum atomic E-state index is -0.492. The predicted octanol–water partition coefficient (Wildman–Crippen LogP) is 4.48. The first kappa shape index (κ1) is 22.9. The number of carbonyl (C=O) groups is 2. The van der Waals surface area contributed by atoms with Crippen molar-refractivity contribution >= 4 is 45.6 Å². The molecule has 1 unspecified atom stereocenters. The van der Waals surface area contributed by atoms with Crippen molar-refractivity contribution in [3.8, 4) is 28.5 Å². The largest absolute Gasteiger partial charge is 0.495 e. The molecule has 1 aromatic heterocycles. The van der Waals surface area contributed by atoms with Gasteiger partial charge in [0.2, 0.25) is 11.8 Å². The fourth-order valence-electron chi connectivity index (χ4n) is 3.62. The second-order valence-electron chi connectivity index (χ2n) is 7.32. The van der Waals surface area contributed by atoms with Gasteiger partial charge in [-0.15, -0.1) is 11.3 Å². The molecule has 2 amide bonds. The van der Waals surface area contributed by atoms with Gasteiger partial charge < -0.3 is 24.4 Å². The lowest BCUT2D eigenvalue weighted by Gasteiger charge is -2.18. The summed E-state index contributed by atoms with van der Waals surface area (Å²) < 4.78 is 15.7. The SMILES string of the molecule is COc1ccc(-c2csc(NC(=O)C3CC(=O)N(c4ccc(OC)c(OC)c4)C3)n2)cc1Cl. The van der Waals surface area contributed by atoms with Gasteiger partial charge in [-0.1, -0.05) is 11.6 Å². The maximum Gasteiger partial charge on any atom is 0.231 e. The lowest BCUT2D eigenvalue weighted by molar-refractivity contribution is -0.122. The Hall–Kier alpha value is -3.30. The highest BCUT2D eigenvalue weighted by atomic mass is 35.5. The van der Waals surface area contributed by atoms with Crippen LogP contribution >= 0.6 is 22.9 Å². The van der Waals surface area contributed by atoms with Crippen LogP contribution in [0.4, 0.5) is 10.8 Å². The van der Waals surface area contributed by atoms with Gasteiger partial charge >= 0.3 is 0 Å².